The molecule has 1 saturated carbocycles. The SMILES string of the molecule is CC1CC(C)CC(NC(=O)CC2CCCNC2)C1. The quantitative estimate of drug-likeness (QED) is 0.809. The number of nitrogens with one attached hydrogen (secondary N) is 2. The summed E-state index contributed by atoms with van der Waals surface area (Å²) in [4.78, 5) is 12.1. The van der Waals surface area contributed by atoms with Crippen LogP contribution in [0.4, 0.5) is 0 Å². The first kappa shape index (κ1) is 13.9. The largest absolute Gasteiger partial charge is 0.353 e. The Morgan fingerprint density at radius 2 is 1.94 bits per heavy atom. The Bertz CT molecular complexity index is 264. The van der Waals surface area contributed by atoms with E-state index in [0.29, 0.717) is 18.4 Å². The number of carbonyl (C=O) groups is 1. The lowest BCUT2D eigenvalue weighted by atomic mass is 9.80. The summed E-state index contributed by atoms with van der Waals surface area (Å²) >= 11 is 0. The molecule has 2 fully saturated rings. The van der Waals surface area contributed by atoms with E-state index in [1.807, 2.05) is 0 Å². The molecule has 2 aliphatic rings. The van der Waals surface area contributed by atoms with Gasteiger partial charge in [0.15, 0.2) is 0 Å². The highest BCUT2D eigenvalue weighted by Crippen LogP contribution is 2.28. The van der Waals surface area contributed by atoms with Crippen LogP contribution in [0.25, 0.3) is 0 Å². The molecule has 3 unspecified atom stereocenters. The van der Waals surface area contributed by atoms with Gasteiger partial charge in [-0.1, -0.05) is 13.8 Å². The molecule has 0 aromatic heterocycles. The number of carbonyl (C=O) groups excluding carboxylic acids is 1. The van der Waals surface area contributed by atoms with E-state index in [9.17, 15) is 4.79 Å². The number of piperidine rings is 1. The Kier molecular flexibility index (Phi) is 5.04. The predicted octanol–water partition coefficient (Wildman–Crippen LogP) is 2.32. The highest BCUT2D eigenvalue weighted by Gasteiger charge is 2.26. The van der Waals surface area contributed by atoms with E-state index >= 15 is 0 Å². The smallest absolute Gasteiger partial charge is 0.220 e. The lowest BCUT2D eigenvalue weighted by molar-refractivity contribution is -0.123. The van der Waals surface area contributed by atoms with Crippen molar-refractivity contribution in [2.45, 2.75) is 58.4 Å². The molecule has 0 aromatic carbocycles. The van der Waals surface area contributed by atoms with E-state index in [1.54, 1.807) is 0 Å². The molecule has 3 atom stereocenters. The first-order valence-corrected chi connectivity index (χ1v) is 7.63. The number of rotatable bonds is 3. The molecule has 1 aliphatic carbocycles. The van der Waals surface area contributed by atoms with Crippen LogP contribution >= 0.6 is 0 Å². The number of hydrogen-bond donors (Lipinski definition) is 2. The van der Waals surface area contributed by atoms with Gasteiger partial charge >= 0.3 is 0 Å². The van der Waals surface area contributed by atoms with Crippen LogP contribution in [-0.4, -0.2) is 25.0 Å². The van der Waals surface area contributed by atoms with Crippen LogP contribution in [0.1, 0.15) is 52.4 Å². The zero-order valence-corrected chi connectivity index (χ0v) is 11.9. The van der Waals surface area contributed by atoms with Gasteiger partial charge in [0.25, 0.3) is 0 Å². The zero-order chi connectivity index (χ0) is 13.0. The van der Waals surface area contributed by atoms with Gasteiger partial charge in [-0.05, 0) is 62.9 Å². The van der Waals surface area contributed by atoms with Crippen molar-refractivity contribution in [3.63, 3.8) is 0 Å². The summed E-state index contributed by atoms with van der Waals surface area (Å²) in [7, 11) is 0. The van der Waals surface area contributed by atoms with Crippen molar-refractivity contribution in [2.75, 3.05) is 13.1 Å². The van der Waals surface area contributed by atoms with Gasteiger partial charge in [-0.2, -0.15) is 0 Å². The molecule has 104 valence electrons. The fourth-order valence-corrected chi connectivity index (χ4v) is 3.71. The molecule has 1 amide bonds. The predicted molar refractivity (Wildman–Crippen MR) is 74.3 cm³/mol. The van der Waals surface area contributed by atoms with Crippen molar-refractivity contribution in [1.29, 1.82) is 0 Å². The molecule has 2 rings (SSSR count). The highest BCUT2D eigenvalue weighted by atomic mass is 16.1. The molecule has 2 N–H and O–H groups in total. The van der Waals surface area contributed by atoms with E-state index in [1.165, 1.54) is 32.1 Å². The van der Waals surface area contributed by atoms with Crippen molar-refractivity contribution in [2.24, 2.45) is 17.8 Å². The minimum Gasteiger partial charge on any atom is -0.353 e. The second-order valence-electron chi connectivity index (χ2n) is 6.60. The Balaban J connectivity index is 1.72. The first-order chi connectivity index (χ1) is 8.63. The van der Waals surface area contributed by atoms with Crippen LogP contribution in [0.15, 0.2) is 0 Å². The van der Waals surface area contributed by atoms with E-state index in [-0.39, 0.29) is 5.91 Å². The summed E-state index contributed by atoms with van der Waals surface area (Å²) in [5.74, 6) is 2.35. The average molecular weight is 252 g/mol. The maximum absolute atomic E-state index is 12.1. The average Bonchev–Trinajstić information content (AvgIpc) is 2.28. The number of hydrogen-bond acceptors (Lipinski definition) is 2. The van der Waals surface area contributed by atoms with Crippen LogP contribution in [0.3, 0.4) is 0 Å². The van der Waals surface area contributed by atoms with Crippen LogP contribution in [-0.2, 0) is 4.79 Å². The van der Waals surface area contributed by atoms with Crippen molar-refractivity contribution in [3.8, 4) is 0 Å². The van der Waals surface area contributed by atoms with E-state index in [4.69, 9.17) is 0 Å². The van der Waals surface area contributed by atoms with E-state index in [0.717, 1.165) is 24.9 Å². The topological polar surface area (TPSA) is 41.1 Å². The van der Waals surface area contributed by atoms with Crippen molar-refractivity contribution in [1.82, 2.24) is 10.6 Å². The lowest BCUT2D eigenvalue weighted by Crippen LogP contribution is -2.42. The van der Waals surface area contributed by atoms with Crippen LogP contribution < -0.4 is 10.6 Å². The third kappa shape index (κ3) is 4.27. The summed E-state index contributed by atoms with van der Waals surface area (Å²) in [6.45, 7) is 6.75. The molecule has 18 heavy (non-hydrogen) atoms. The normalized spacial score (nSPS) is 37.2. The third-order valence-electron chi connectivity index (χ3n) is 4.42. The maximum Gasteiger partial charge on any atom is 0.220 e. The Morgan fingerprint density at radius 1 is 1.22 bits per heavy atom. The van der Waals surface area contributed by atoms with Gasteiger partial charge in [0, 0.05) is 12.5 Å². The standard InChI is InChI=1S/C15H28N2O/c1-11-6-12(2)8-14(7-11)17-15(18)9-13-4-3-5-16-10-13/h11-14,16H,3-10H2,1-2H3,(H,17,18). The molecule has 1 saturated heterocycles. The van der Waals surface area contributed by atoms with Gasteiger partial charge in [-0.3, -0.25) is 4.79 Å². The summed E-state index contributed by atoms with van der Waals surface area (Å²) in [5.41, 5.74) is 0. The summed E-state index contributed by atoms with van der Waals surface area (Å²) in [6, 6.07) is 0.424. The third-order valence-corrected chi connectivity index (χ3v) is 4.42. The van der Waals surface area contributed by atoms with E-state index < -0.39 is 0 Å². The molecule has 0 aromatic rings. The summed E-state index contributed by atoms with van der Waals surface area (Å²) in [6.07, 6.45) is 6.79. The first-order valence-electron chi connectivity index (χ1n) is 7.63. The summed E-state index contributed by atoms with van der Waals surface area (Å²) < 4.78 is 0. The Morgan fingerprint density at radius 3 is 2.56 bits per heavy atom. The second-order valence-corrected chi connectivity index (χ2v) is 6.60. The molecule has 0 spiro atoms. The summed E-state index contributed by atoms with van der Waals surface area (Å²) in [5, 5.41) is 6.64. The minimum atomic E-state index is 0.273. The second kappa shape index (κ2) is 6.55. The minimum absolute atomic E-state index is 0.273. The Labute approximate surface area is 111 Å². The van der Waals surface area contributed by atoms with Gasteiger partial charge in [0.2, 0.25) is 5.91 Å². The fourth-order valence-electron chi connectivity index (χ4n) is 3.71. The van der Waals surface area contributed by atoms with Gasteiger partial charge in [0.05, 0.1) is 0 Å². The molecule has 1 aliphatic heterocycles. The molecular formula is C15H28N2O. The molecule has 0 radical (unpaired) electrons. The molecule has 3 nitrogen and oxygen atoms in total. The molecule has 1 heterocycles. The van der Waals surface area contributed by atoms with Crippen LogP contribution in [0.5, 0.6) is 0 Å². The van der Waals surface area contributed by atoms with Gasteiger partial charge < -0.3 is 10.6 Å². The van der Waals surface area contributed by atoms with Crippen molar-refractivity contribution >= 4 is 5.91 Å². The van der Waals surface area contributed by atoms with Gasteiger partial charge in [-0.15, -0.1) is 0 Å². The molecular weight excluding hydrogens is 224 g/mol. The van der Waals surface area contributed by atoms with E-state index in [2.05, 4.69) is 24.5 Å². The lowest BCUT2D eigenvalue weighted by Gasteiger charge is -2.32. The van der Waals surface area contributed by atoms with Crippen LogP contribution in [0, 0.1) is 17.8 Å². The Hall–Kier alpha value is -0.570. The zero-order valence-electron chi connectivity index (χ0n) is 11.9. The van der Waals surface area contributed by atoms with Gasteiger partial charge in [-0.25, -0.2) is 0 Å². The molecule has 0 bridgehead atoms. The monoisotopic (exact) mass is 252 g/mol. The van der Waals surface area contributed by atoms with Crippen molar-refractivity contribution < 1.29 is 4.79 Å². The van der Waals surface area contributed by atoms with Crippen molar-refractivity contribution in [3.05, 3.63) is 0 Å². The van der Waals surface area contributed by atoms with Crippen LogP contribution in [0.2, 0.25) is 0 Å². The number of amides is 1. The fraction of sp³-hybridized carbons (Fsp3) is 0.933. The maximum atomic E-state index is 12.1. The molecule has 3 heteroatoms. The van der Waals surface area contributed by atoms with Gasteiger partial charge in [0.1, 0.15) is 0 Å². The highest BCUT2D eigenvalue weighted by molar-refractivity contribution is 5.76.